The number of carbonyl (C=O) groups excluding carboxylic acids is 1. The van der Waals surface area contributed by atoms with Gasteiger partial charge in [-0.1, -0.05) is 26.0 Å². The lowest BCUT2D eigenvalue weighted by molar-refractivity contribution is -0.137. The Morgan fingerprint density at radius 2 is 1.82 bits per heavy atom. The first-order chi connectivity index (χ1) is 16.1. The van der Waals surface area contributed by atoms with Crippen molar-refractivity contribution in [3.63, 3.8) is 0 Å². The molecule has 4 rings (SSSR count). The average molecular weight is 472 g/mol. The number of alkyl halides is 3. The monoisotopic (exact) mass is 472 g/mol. The summed E-state index contributed by atoms with van der Waals surface area (Å²) in [5, 5.41) is 3.09. The third-order valence-electron chi connectivity index (χ3n) is 5.49. The zero-order valence-electron chi connectivity index (χ0n) is 18.7. The number of hydrogen-bond acceptors (Lipinski definition) is 7. The van der Waals surface area contributed by atoms with Gasteiger partial charge in [-0.3, -0.25) is 4.90 Å². The summed E-state index contributed by atoms with van der Waals surface area (Å²) in [6.07, 6.45) is -0.394. The van der Waals surface area contributed by atoms with Crippen molar-refractivity contribution in [1.82, 2.24) is 19.9 Å². The minimum Gasteiger partial charge on any atom is -0.447 e. The summed E-state index contributed by atoms with van der Waals surface area (Å²) < 4.78 is 44.2. The van der Waals surface area contributed by atoms with Gasteiger partial charge in [-0.15, -0.1) is 0 Å². The lowest BCUT2D eigenvalue weighted by atomic mass is 10.0. The molecule has 1 saturated heterocycles. The van der Waals surface area contributed by atoms with E-state index in [2.05, 4.69) is 25.3 Å². The van der Waals surface area contributed by atoms with E-state index in [1.165, 1.54) is 29.6 Å². The van der Waals surface area contributed by atoms with Crippen LogP contribution in [0.25, 0.3) is 11.1 Å². The Labute approximate surface area is 194 Å². The Morgan fingerprint density at radius 1 is 1.09 bits per heavy atom. The molecule has 8 nitrogen and oxygen atoms in total. The number of halogens is 3. The first kappa shape index (κ1) is 23.4. The fourth-order valence-corrected chi connectivity index (χ4v) is 3.59. The number of carbonyl (C=O) groups is 1. The van der Waals surface area contributed by atoms with Gasteiger partial charge in [0.1, 0.15) is 18.2 Å². The zero-order valence-corrected chi connectivity index (χ0v) is 18.7. The summed E-state index contributed by atoms with van der Waals surface area (Å²) in [6.45, 7) is 6.10. The van der Waals surface area contributed by atoms with Gasteiger partial charge in [0.2, 0.25) is 5.95 Å². The van der Waals surface area contributed by atoms with Crippen LogP contribution in [-0.2, 0) is 10.9 Å². The van der Waals surface area contributed by atoms with E-state index in [-0.39, 0.29) is 17.9 Å². The van der Waals surface area contributed by atoms with Crippen LogP contribution in [0.2, 0.25) is 0 Å². The van der Waals surface area contributed by atoms with Crippen LogP contribution < -0.4 is 10.2 Å². The van der Waals surface area contributed by atoms with Crippen molar-refractivity contribution in [2.24, 2.45) is 5.92 Å². The Morgan fingerprint density at radius 3 is 2.50 bits per heavy atom. The van der Waals surface area contributed by atoms with Gasteiger partial charge in [-0.25, -0.2) is 19.7 Å². The number of nitrogens with one attached hydrogen (secondary N) is 1. The molecule has 0 bridgehead atoms. The van der Waals surface area contributed by atoms with Crippen LogP contribution in [0.4, 0.5) is 29.7 Å². The molecule has 34 heavy (non-hydrogen) atoms. The first-order valence-electron chi connectivity index (χ1n) is 10.7. The summed E-state index contributed by atoms with van der Waals surface area (Å²) in [5.41, 5.74) is 0.102. The number of amides is 1. The number of ether oxygens (including phenoxy) is 1. The van der Waals surface area contributed by atoms with Gasteiger partial charge in [0.05, 0.1) is 17.6 Å². The van der Waals surface area contributed by atoms with E-state index in [9.17, 15) is 18.0 Å². The topological polar surface area (TPSA) is 93.1 Å². The molecule has 2 aromatic heterocycles. The van der Waals surface area contributed by atoms with Gasteiger partial charge >= 0.3 is 12.3 Å². The zero-order chi connectivity index (χ0) is 24.5. The second-order valence-electron chi connectivity index (χ2n) is 8.27. The van der Waals surface area contributed by atoms with E-state index in [4.69, 9.17) is 4.74 Å². The number of cyclic esters (lactones) is 1. The predicted octanol–water partition coefficient (Wildman–Crippen LogP) is 5.11. The molecule has 0 radical (unpaired) electrons. The molecule has 1 fully saturated rings. The number of rotatable bonds is 6. The van der Waals surface area contributed by atoms with Gasteiger partial charge in [0.15, 0.2) is 0 Å². The Kier molecular flexibility index (Phi) is 6.36. The average Bonchev–Trinajstić information content (AvgIpc) is 3.20. The smallest absolute Gasteiger partial charge is 0.416 e. The molecular formula is C23H23F3N6O2. The molecule has 0 saturated carbocycles. The Hall–Kier alpha value is -3.76. The van der Waals surface area contributed by atoms with Gasteiger partial charge in [0, 0.05) is 24.2 Å². The molecule has 3 aromatic rings. The van der Waals surface area contributed by atoms with Crippen molar-refractivity contribution < 1.29 is 22.7 Å². The highest BCUT2D eigenvalue weighted by Gasteiger charge is 2.37. The summed E-state index contributed by atoms with van der Waals surface area (Å²) in [6, 6.07) is 6.11. The second-order valence-corrected chi connectivity index (χ2v) is 8.27. The van der Waals surface area contributed by atoms with Crippen LogP contribution >= 0.6 is 0 Å². The SMILES string of the molecule is CC(Nc1nccc(N2C(=O)OC[C@@H]2C(C)C)n1)c1ncc(-c2cccc(C(F)(F)F)c2)cn1. The largest absolute Gasteiger partial charge is 0.447 e. The van der Waals surface area contributed by atoms with E-state index in [1.807, 2.05) is 13.8 Å². The number of aromatic nitrogens is 4. The van der Waals surface area contributed by atoms with Crippen molar-refractivity contribution in [2.75, 3.05) is 16.8 Å². The third-order valence-corrected chi connectivity index (χ3v) is 5.49. The minimum atomic E-state index is -4.43. The third kappa shape index (κ3) is 4.92. The highest BCUT2D eigenvalue weighted by molar-refractivity contribution is 5.89. The molecule has 1 amide bonds. The maximum atomic E-state index is 13.0. The van der Waals surface area contributed by atoms with Crippen LogP contribution in [0.5, 0.6) is 0 Å². The van der Waals surface area contributed by atoms with Crippen LogP contribution in [0.15, 0.2) is 48.9 Å². The molecule has 3 heterocycles. The summed E-state index contributed by atoms with van der Waals surface area (Å²) in [4.78, 5) is 31.0. The number of nitrogens with zero attached hydrogens (tertiary/aromatic N) is 5. The van der Waals surface area contributed by atoms with Crippen molar-refractivity contribution >= 4 is 17.9 Å². The van der Waals surface area contributed by atoms with E-state index < -0.39 is 23.9 Å². The molecule has 1 aromatic carbocycles. The standard InChI is InChI=1S/C23H23F3N6O2/c1-13(2)18-12-34-22(33)32(18)19-7-8-27-21(31-19)30-14(3)20-28-10-16(11-29-20)15-5-4-6-17(9-15)23(24,25)26/h4-11,13-14,18H,12H2,1-3H3,(H,27,30,31)/t14?,18-/m1/s1. The quantitative estimate of drug-likeness (QED) is 0.533. The minimum absolute atomic E-state index is 0.126. The molecule has 1 aliphatic heterocycles. The number of hydrogen-bond donors (Lipinski definition) is 1. The molecule has 1 unspecified atom stereocenters. The van der Waals surface area contributed by atoms with Crippen LogP contribution in [0.3, 0.4) is 0 Å². The van der Waals surface area contributed by atoms with Crippen LogP contribution in [0.1, 0.15) is 38.2 Å². The fraction of sp³-hybridized carbons (Fsp3) is 0.348. The summed E-state index contributed by atoms with van der Waals surface area (Å²) >= 11 is 0. The molecule has 2 atom stereocenters. The molecule has 0 aliphatic carbocycles. The highest BCUT2D eigenvalue weighted by Crippen LogP contribution is 2.32. The van der Waals surface area contributed by atoms with Crippen molar-refractivity contribution in [3.8, 4) is 11.1 Å². The highest BCUT2D eigenvalue weighted by atomic mass is 19.4. The first-order valence-corrected chi connectivity index (χ1v) is 10.7. The Bertz CT molecular complexity index is 1170. The summed E-state index contributed by atoms with van der Waals surface area (Å²) in [5.74, 6) is 1.29. The normalized spacial score (nSPS) is 17.1. The molecule has 1 N–H and O–H groups in total. The van der Waals surface area contributed by atoms with E-state index in [0.717, 1.165) is 12.1 Å². The van der Waals surface area contributed by atoms with Crippen molar-refractivity contribution in [1.29, 1.82) is 0 Å². The second kappa shape index (κ2) is 9.24. The van der Waals surface area contributed by atoms with Gasteiger partial charge < -0.3 is 10.1 Å². The van der Waals surface area contributed by atoms with Crippen LogP contribution in [0, 0.1) is 5.92 Å². The van der Waals surface area contributed by atoms with E-state index in [1.54, 1.807) is 19.1 Å². The van der Waals surface area contributed by atoms with Gasteiger partial charge in [-0.2, -0.15) is 18.2 Å². The molecule has 1 aliphatic rings. The van der Waals surface area contributed by atoms with Gasteiger partial charge in [0.25, 0.3) is 0 Å². The van der Waals surface area contributed by atoms with E-state index >= 15 is 0 Å². The molecular weight excluding hydrogens is 449 g/mol. The molecule has 11 heteroatoms. The summed E-state index contributed by atoms with van der Waals surface area (Å²) in [7, 11) is 0. The number of anilines is 2. The molecule has 0 spiro atoms. The van der Waals surface area contributed by atoms with Crippen molar-refractivity contribution in [3.05, 3.63) is 60.3 Å². The lowest BCUT2D eigenvalue weighted by Gasteiger charge is -2.23. The van der Waals surface area contributed by atoms with E-state index in [0.29, 0.717) is 29.4 Å². The van der Waals surface area contributed by atoms with Crippen LogP contribution in [-0.4, -0.2) is 38.7 Å². The lowest BCUT2D eigenvalue weighted by Crippen LogP contribution is -2.37. The number of benzene rings is 1. The van der Waals surface area contributed by atoms with Crippen molar-refractivity contribution in [2.45, 2.75) is 39.0 Å². The fourth-order valence-electron chi connectivity index (χ4n) is 3.59. The van der Waals surface area contributed by atoms with Gasteiger partial charge in [-0.05, 0) is 36.6 Å². The maximum Gasteiger partial charge on any atom is 0.416 e. The predicted molar refractivity (Wildman–Crippen MR) is 119 cm³/mol. The Balaban J connectivity index is 1.49. The molecule has 178 valence electrons. The maximum absolute atomic E-state index is 13.0.